The van der Waals surface area contributed by atoms with Gasteiger partial charge in [0.2, 0.25) is 15.9 Å². The average molecular weight is 474 g/mol. The zero-order valence-electron chi connectivity index (χ0n) is 19.4. The van der Waals surface area contributed by atoms with Gasteiger partial charge in [0.1, 0.15) is 5.75 Å². The molecule has 0 saturated carbocycles. The molecule has 2 amide bonds. The van der Waals surface area contributed by atoms with E-state index in [4.69, 9.17) is 4.74 Å². The van der Waals surface area contributed by atoms with E-state index >= 15 is 0 Å². The normalized spacial score (nSPS) is 18.4. The fraction of sp³-hybridized carbons (Fsp3) is 0.417. The number of benzene rings is 2. The van der Waals surface area contributed by atoms with Gasteiger partial charge in [-0.25, -0.2) is 12.7 Å². The van der Waals surface area contributed by atoms with Crippen molar-refractivity contribution in [2.24, 2.45) is 5.92 Å². The highest BCUT2D eigenvalue weighted by Gasteiger charge is 2.41. The van der Waals surface area contributed by atoms with Crippen LogP contribution in [0.1, 0.15) is 42.7 Å². The van der Waals surface area contributed by atoms with Crippen molar-refractivity contribution in [2.45, 2.75) is 26.8 Å². The molecule has 1 aliphatic rings. The Morgan fingerprint density at radius 1 is 1.12 bits per heavy atom. The third-order valence-electron chi connectivity index (χ3n) is 5.93. The van der Waals surface area contributed by atoms with E-state index in [-0.39, 0.29) is 23.4 Å². The number of methoxy groups -OCH3 is 1. The number of ether oxygens (including phenoxy) is 1. The monoisotopic (exact) mass is 473 g/mol. The number of carbonyl (C=O) groups is 2. The van der Waals surface area contributed by atoms with Gasteiger partial charge in [0, 0.05) is 12.1 Å². The maximum atomic E-state index is 12.8. The number of sulfonamides is 1. The molecule has 1 saturated heterocycles. The zero-order chi connectivity index (χ0) is 24.2. The highest BCUT2D eigenvalue weighted by Crippen LogP contribution is 2.28. The van der Waals surface area contributed by atoms with Gasteiger partial charge in [0.15, 0.2) is 0 Å². The van der Waals surface area contributed by atoms with Gasteiger partial charge in [-0.15, -0.1) is 0 Å². The topological polar surface area (TPSA) is 96.0 Å². The third-order valence-corrected chi connectivity index (χ3v) is 7.80. The Balaban J connectivity index is 1.73. The summed E-state index contributed by atoms with van der Waals surface area (Å²) in [7, 11) is -2.05. The molecule has 1 fully saturated rings. The molecule has 2 unspecified atom stereocenters. The largest absolute Gasteiger partial charge is 0.497 e. The van der Waals surface area contributed by atoms with Crippen LogP contribution < -0.4 is 14.4 Å². The number of carbonyl (C=O) groups excluding carboxylic acids is 2. The van der Waals surface area contributed by atoms with Crippen molar-refractivity contribution in [1.29, 1.82) is 0 Å². The number of likely N-dealkylation sites (N-methyl/N-ethyl adjacent to an activating group) is 1. The first kappa shape index (κ1) is 24.7. The minimum absolute atomic E-state index is 0.0111. The van der Waals surface area contributed by atoms with Crippen LogP contribution in [0, 0.1) is 5.92 Å². The Kier molecular flexibility index (Phi) is 7.76. The SMILES string of the molecule is CCN(CC)C(CNC(=O)c1ccc(N2C(=O)C(C)CS2(=O)=O)cc1)c1ccc(OC)cc1. The van der Waals surface area contributed by atoms with Crippen LogP contribution in [0.15, 0.2) is 48.5 Å². The number of nitrogens with one attached hydrogen (secondary N) is 1. The minimum atomic E-state index is -3.68. The Morgan fingerprint density at radius 2 is 1.73 bits per heavy atom. The standard InChI is InChI=1S/C24H31N3O5S/c1-5-26(6-2)22(18-9-13-21(32-4)14-10-18)15-25-23(28)19-7-11-20(12-8-19)27-24(29)17(3)16-33(27,30)31/h7-14,17,22H,5-6,15-16H2,1-4H3,(H,25,28). The summed E-state index contributed by atoms with van der Waals surface area (Å²) in [6, 6.07) is 13.9. The van der Waals surface area contributed by atoms with Crippen LogP contribution in [0.2, 0.25) is 0 Å². The highest BCUT2D eigenvalue weighted by molar-refractivity contribution is 7.94. The quantitative estimate of drug-likeness (QED) is 0.602. The van der Waals surface area contributed by atoms with Crippen molar-refractivity contribution in [2.75, 3.05) is 36.8 Å². The first-order valence-electron chi connectivity index (χ1n) is 11.0. The van der Waals surface area contributed by atoms with Crippen molar-refractivity contribution in [3.63, 3.8) is 0 Å². The molecule has 2 aromatic rings. The molecule has 33 heavy (non-hydrogen) atoms. The lowest BCUT2D eigenvalue weighted by molar-refractivity contribution is -0.119. The van der Waals surface area contributed by atoms with Gasteiger partial charge >= 0.3 is 0 Å². The maximum absolute atomic E-state index is 12.8. The smallest absolute Gasteiger partial charge is 0.251 e. The molecule has 178 valence electrons. The van der Waals surface area contributed by atoms with Crippen LogP contribution >= 0.6 is 0 Å². The third kappa shape index (κ3) is 5.36. The fourth-order valence-corrected chi connectivity index (χ4v) is 5.90. The summed E-state index contributed by atoms with van der Waals surface area (Å²) >= 11 is 0. The molecule has 0 radical (unpaired) electrons. The van der Waals surface area contributed by atoms with E-state index < -0.39 is 21.8 Å². The molecule has 2 aromatic carbocycles. The van der Waals surface area contributed by atoms with E-state index in [1.807, 2.05) is 24.3 Å². The molecule has 3 rings (SSSR count). The van der Waals surface area contributed by atoms with Crippen LogP contribution in [-0.4, -0.2) is 57.6 Å². The van der Waals surface area contributed by atoms with E-state index in [9.17, 15) is 18.0 Å². The second-order valence-electron chi connectivity index (χ2n) is 8.05. The Bertz CT molecular complexity index is 1080. The molecule has 8 nitrogen and oxygen atoms in total. The average Bonchev–Trinajstić information content (AvgIpc) is 3.02. The van der Waals surface area contributed by atoms with E-state index in [1.54, 1.807) is 14.0 Å². The molecule has 1 heterocycles. The summed E-state index contributed by atoms with van der Waals surface area (Å²) in [4.78, 5) is 27.3. The predicted molar refractivity (Wildman–Crippen MR) is 128 cm³/mol. The number of hydrogen-bond donors (Lipinski definition) is 1. The Morgan fingerprint density at radius 3 is 2.21 bits per heavy atom. The van der Waals surface area contributed by atoms with Gasteiger partial charge in [-0.3, -0.25) is 14.5 Å². The van der Waals surface area contributed by atoms with Crippen molar-refractivity contribution in [1.82, 2.24) is 10.2 Å². The Hall–Kier alpha value is -2.91. The van der Waals surface area contributed by atoms with Crippen molar-refractivity contribution >= 4 is 27.5 Å². The molecule has 2 atom stereocenters. The highest BCUT2D eigenvalue weighted by atomic mass is 32.2. The van der Waals surface area contributed by atoms with Crippen LogP contribution in [0.4, 0.5) is 5.69 Å². The first-order valence-corrected chi connectivity index (χ1v) is 12.7. The van der Waals surface area contributed by atoms with E-state index in [0.29, 0.717) is 12.1 Å². The van der Waals surface area contributed by atoms with E-state index in [1.165, 1.54) is 24.3 Å². The second-order valence-corrected chi connectivity index (χ2v) is 9.91. The molecule has 0 aromatic heterocycles. The van der Waals surface area contributed by atoms with Crippen LogP contribution in [0.25, 0.3) is 0 Å². The number of hydrogen-bond acceptors (Lipinski definition) is 6. The van der Waals surface area contributed by atoms with Crippen molar-refractivity contribution in [3.05, 3.63) is 59.7 Å². The predicted octanol–water partition coefficient (Wildman–Crippen LogP) is 2.82. The number of rotatable bonds is 9. The fourth-order valence-electron chi connectivity index (χ4n) is 4.07. The summed E-state index contributed by atoms with van der Waals surface area (Å²) in [6.07, 6.45) is 0. The van der Waals surface area contributed by atoms with Gasteiger partial charge in [0.25, 0.3) is 5.91 Å². The van der Waals surface area contributed by atoms with Crippen molar-refractivity contribution < 1.29 is 22.7 Å². The van der Waals surface area contributed by atoms with Crippen LogP contribution in [0.5, 0.6) is 5.75 Å². The zero-order valence-corrected chi connectivity index (χ0v) is 20.3. The number of nitrogens with zero attached hydrogens (tertiary/aromatic N) is 2. The van der Waals surface area contributed by atoms with Crippen LogP contribution in [0.3, 0.4) is 0 Å². The molecule has 1 N–H and O–H groups in total. The maximum Gasteiger partial charge on any atom is 0.251 e. The second kappa shape index (κ2) is 10.4. The van der Waals surface area contributed by atoms with Gasteiger partial charge in [-0.05, 0) is 55.1 Å². The molecule has 0 aliphatic carbocycles. The van der Waals surface area contributed by atoms with Gasteiger partial charge < -0.3 is 10.1 Å². The minimum Gasteiger partial charge on any atom is -0.497 e. The molecule has 9 heteroatoms. The summed E-state index contributed by atoms with van der Waals surface area (Å²) in [6.45, 7) is 7.81. The van der Waals surface area contributed by atoms with Crippen LogP contribution in [-0.2, 0) is 14.8 Å². The molecule has 0 spiro atoms. The summed E-state index contributed by atoms with van der Waals surface area (Å²) in [5, 5.41) is 2.99. The summed E-state index contributed by atoms with van der Waals surface area (Å²) < 4.78 is 30.7. The molecule has 1 aliphatic heterocycles. The Labute approximate surface area is 195 Å². The summed E-state index contributed by atoms with van der Waals surface area (Å²) in [5.41, 5.74) is 1.71. The van der Waals surface area contributed by atoms with Gasteiger partial charge in [-0.2, -0.15) is 0 Å². The number of amides is 2. The molecular weight excluding hydrogens is 442 g/mol. The number of anilines is 1. The van der Waals surface area contributed by atoms with E-state index in [0.717, 1.165) is 28.7 Å². The van der Waals surface area contributed by atoms with Gasteiger partial charge in [0.05, 0.1) is 30.5 Å². The molecule has 0 bridgehead atoms. The lowest BCUT2D eigenvalue weighted by Gasteiger charge is -2.30. The van der Waals surface area contributed by atoms with Crippen molar-refractivity contribution in [3.8, 4) is 5.75 Å². The summed E-state index contributed by atoms with van der Waals surface area (Å²) in [5.74, 6) is -0.724. The lowest BCUT2D eigenvalue weighted by atomic mass is 10.0. The molecular formula is C24H31N3O5S. The van der Waals surface area contributed by atoms with Gasteiger partial charge in [-0.1, -0.05) is 32.9 Å². The first-order chi connectivity index (χ1) is 15.7. The van der Waals surface area contributed by atoms with E-state index in [2.05, 4.69) is 24.1 Å². The lowest BCUT2D eigenvalue weighted by Crippen LogP contribution is -2.38.